The summed E-state index contributed by atoms with van der Waals surface area (Å²) in [7, 11) is -2.74. The van der Waals surface area contributed by atoms with Crippen molar-refractivity contribution in [1.29, 1.82) is 0 Å². The van der Waals surface area contributed by atoms with Gasteiger partial charge in [-0.15, -0.1) is 0 Å². The molecule has 9 heteroatoms. The number of piperidine rings is 1. The van der Waals surface area contributed by atoms with E-state index in [2.05, 4.69) is 10.1 Å². The highest BCUT2D eigenvalue weighted by atomic mass is 32.2. The first kappa shape index (κ1) is 21.9. The predicted octanol–water partition coefficient (Wildman–Crippen LogP) is 2.96. The Morgan fingerprint density at radius 2 is 1.80 bits per heavy atom. The first-order chi connectivity index (χ1) is 14.2. The van der Waals surface area contributed by atoms with Crippen LogP contribution >= 0.6 is 0 Å². The highest BCUT2D eigenvalue weighted by molar-refractivity contribution is 7.89. The van der Waals surface area contributed by atoms with E-state index in [4.69, 9.17) is 0 Å². The maximum absolute atomic E-state index is 13.9. The van der Waals surface area contributed by atoms with Crippen molar-refractivity contribution in [2.45, 2.75) is 24.7 Å². The van der Waals surface area contributed by atoms with Crippen LogP contribution in [-0.2, 0) is 19.6 Å². The van der Waals surface area contributed by atoms with Crippen molar-refractivity contribution in [1.82, 2.24) is 4.31 Å². The van der Waals surface area contributed by atoms with Crippen LogP contribution in [0.25, 0.3) is 0 Å². The molecule has 0 spiro atoms. The van der Waals surface area contributed by atoms with Crippen LogP contribution < -0.4 is 5.32 Å². The lowest BCUT2D eigenvalue weighted by Crippen LogP contribution is -2.41. The van der Waals surface area contributed by atoms with E-state index in [-0.39, 0.29) is 35.1 Å². The molecule has 0 unspecified atom stereocenters. The zero-order chi connectivity index (χ0) is 21.9. The number of nitrogens with zero attached hydrogens (tertiary/aromatic N) is 1. The van der Waals surface area contributed by atoms with Gasteiger partial charge in [0.05, 0.1) is 23.3 Å². The summed E-state index contributed by atoms with van der Waals surface area (Å²) in [5.74, 6) is -2.03. The number of anilines is 1. The molecule has 160 valence electrons. The number of amides is 1. The van der Waals surface area contributed by atoms with Gasteiger partial charge in [0.25, 0.3) is 0 Å². The van der Waals surface area contributed by atoms with Gasteiger partial charge < -0.3 is 10.1 Å². The Kier molecular flexibility index (Phi) is 6.52. The Bertz CT molecular complexity index is 1060. The second-order valence-electron chi connectivity index (χ2n) is 7.14. The number of aryl methyl sites for hydroxylation is 1. The lowest BCUT2D eigenvalue weighted by Gasteiger charge is -2.31. The average molecular weight is 434 g/mol. The first-order valence-electron chi connectivity index (χ1n) is 9.48. The fourth-order valence-corrected chi connectivity index (χ4v) is 5.09. The van der Waals surface area contributed by atoms with Crippen LogP contribution in [0.5, 0.6) is 0 Å². The van der Waals surface area contributed by atoms with Crippen molar-refractivity contribution in [3.63, 3.8) is 0 Å². The molecule has 2 aromatic carbocycles. The molecule has 1 saturated heterocycles. The highest BCUT2D eigenvalue weighted by Crippen LogP contribution is 2.27. The van der Waals surface area contributed by atoms with Gasteiger partial charge in [-0.3, -0.25) is 4.79 Å². The van der Waals surface area contributed by atoms with Gasteiger partial charge in [-0.05, 0) is 49.6 Å². The topological polar surface area (TPSA) is 92.8 Å². The number of halogens is 1. The minimum atomic E-state index is -3.93. The number of carbonyl (C=O) groups is 2. The van der Waals surface area contributed by atoms with Crippen LogP contribution in [0.1, 0.15) is 28.8 Å². The van der Waals surface area contributed by atoms with Gasteiger partial charge >= 0.3 is 5.97 Å². The largest absolute Gasteiger partial charge is 0.465 e. The molecule has 3 rings (SSSR count). The maximum atomic E-state index is 13.9. The Labute approximate surface area is 174 Å². The fourth-order valence-electron chi connectivity index (χ4n) is 3.44. The van der Waals surface area contributed by atoms with Gasteiger partial charge in [-0.25, -0.2) is 17.6 Å². The molecule has 1 amide bonds. The van der Waals surface area contributed by atoms with Crippen molar-refractivity contribution < 1.29 is 27.1 Å². The molecule has 1 N–H and O–H groups in total. The quantitative estimate of drug-likeness (QED) is 0.731. The van der Waals surface area contributed by atoms with Crippen LogP contribution in [0.15, 0.2) is 47.4 Å². The Hall–Kier alpha value is -2.78. The summed E-state index contributed by atoms with van der Waals surface area (Å²) in [5, 5.41) is 2.59. The monoisotopic (exact) mass is 434 g/mol. The third-order valence-electron chi connectivity index (χ3n) is 5.11. The van der Waals surface area contributed by atoms with Gasteiger partial charge in [0, 0.05) is 19.0 Å². The molecule has 0 bridgehead atoms. The van der Waals surface area contributed by atoms with Gasteiger partial charge in [0.1, 0.15) is 5.82 Å². The molecule has 7 nitrogen and oxygen atoms in total. The van der Waals surface area contributed by atoms with Crippen LogP contribution in [0.3, 0.4) is 0 Å². The number of carbonyl (C=O) groups excluding carboxylic acids is 2. The molecule has 1 aliphatic heterocycles. The van der Waals surface area contributed by atoms with E-state index in [0.717, 1.165) is 5.56 Å². The van der Waals surface area contributed by atoms with Gasteiger partial charge in [-0.2, -0.15) is 4.31 Å². The van der Waals surface area contributed by atoms with Crippen LogP contribution in [0, 0.1) is 18.7 Å². The standard InChI is InChI=1S/C21H23FN2O5S/c1-14-7-8-17(22)18(13-14)23-20(25)15-9-11-24(12-10-15)30(27,28)19-6-4-3-5-16(19)21(26)29-2/h3-8,13,15H,9-12H2,1-2H3,(H,23,25). The molecule has 0 atom stereocenters. The molecular weight excluding hydrogens is 411 g/mol. The zero-order valence-electron chi connectivity index (χ0n) is 16.7. The van der Waals surface area contributed by atoms with E-state index in [0.29, 0.717) is 12.8 Å². The van der Waals surface area contributed by atoms with E-state index >= 15 is 0 Å². The zero-order valence-corrected chi connectivity index (χ0v) is 17.5. The van der Waals surface area contributed by atoms with E-state index < -0.39 is 27.7 Å². The lowest BCUT2D eigenvalue weighted by atomic mass is 9.97. The summed E-state index contributed by atoms with van der Waals surface area (Å²) >= 11 is 0. The SMILES string of the molecule is COC(=O)c1ccccc1S(=O)(=O)N1CCC(C(=O)Nc2cc(C)ccc2F)CC1. The molecule has 1 fully saturated rings. The van der Waals surface area contributed by atoms with E-state index in [9.17, 15) is 22.4 Å². The second-order valence-corrected chi connectivity index (χ2v) is 9.05. The van der Waals surface area contributed by atoms with Gasteiger partial charge in [0.15, 0.2) is 0 Å². The second kappa shape index (κ2) is 8.93. The molecule has 1 aliphatic rings. The summed E-state index contributed by atoms with van der Waals surface area (Å²) < 4.78 is 45.9. The van der Waals surface area contributed by atoms with Gasteiger partial charge in [-0.1, -0.05) is 18.2 Å². The van der Waals surface area contributed by atoms with Crippen molar-refractivity contribution >= 4 is 27.6 Å². The fraction of sp³-hybridized carbons (Fsp3) is 0.333. The van der Waals surface area contributed by atoms with Crippen molar-refractivity contribution in [2.75, 3.05) is 25.5 Å². The lowest BCUT2D eigenvalue weighted by molar-refractivity contribution is -0.120. The van der Waals surface area contributed by atoms with Crippen molar-refractivity contribution in [3.05, 3.63) is 59.4 Å². The summed E-state index contributed by atoms with van der Waals surface area (Å²) in [6.45, 7) is 2.03. The molecule has 0 aromatic heterocycles. The van der Waals surface area contributed by atoms with E-state index in [1.54, 1.807) is 25.1 Å². The smallest absolute Gasteiger partial charge is 0.339 e. The molecular formula is C21H23FN2O5S. The molecule has 2 aromatic rings. The maximum Gasteiger partial charge on any atom is 0.339 e. The molecule has 30 heavy (non-hydrogen) atoms. The van der Waals surface area contributed by atoms with Crippen molar-refractivity contribution in [3.8, 4) is 0 Å². The summed E-state index contributed by atoms with van der Waals surface area (Å²) in [6.07, 6.45) is 0.581. The predicted molar refractivity (Wildman–Crippen MR) is 109 cm³/mol. The number of methoxy groups -OCH3 is 1. The van der Waals surface area contributed by atoms with Crippen LogP contribution in [0.2, 0.25) is 0 Å². The number of hydrogen-bond donors (Lipinski definition) is 1. The molecule has 0 aliphatic carbocycles. The van der Waals surface area contributed by atoms with Crippen LogP contribution in [-0.4, -0.2) is 44.8 Å². The highest BCUT2D eigenvalue weighted by Gasteiger charge is 2.34. The number of sulfonamides is 1. The van der Waals surface area contributed by atoms with Crippen molar-refractivity contribution in [2.24, 2.45) is 5.92 Å². The number of rotatable bonds is 5. The number of hydrogen-bond acceptors (Lipinski definition) is 5. The minimum Gasteiger partial charge on any atom is -0.465 e. The van der Waals surface area contributed by atoms with E-state index in [1.165, 1.54) is 35.7 Å². The van der Waals surface area contributed by atoms with Gasteiger partial charge in [0.2, 0.25) is 15.9 Å². The third-order valence-corrected chi connectivity index (χ3v) is 7.07. The number of esters is 1. The Morgan fingerprint density at radius 3 is 2.47 bits per heavy atom. The third kappa shape index (κ3) is 4.52. The number of benzene rings is 2. The van der Waals surface area contributed by atoms with Crippen LogP contribution in [0.4, 0.5) is 10.1 Å². The molecule has 1 heterocycles. The summed E-state index contributed by atoms with van der Waals surface area (Å²) in [4.78, 5) is 24.4. The normalized spacial score (nSPS) is 15.6. The Balaban J connectivity index is 1.70. The first-order valence-corrected chi connectivity index (χ1v) is 10.9. The Morgan fingerprint density at radius 1 is 1.13 bits per heavy atom. The molecule has 0 saturated carbocycles. The summed E-state index contributed by atoms with van der Waals surface area (Å²) in [6, 6.07) is 10.3. The average Bonchev–Trinajstić information content (AvgIpc) is 2.75. The molecule has 0 radical (unpaired) electrons. The minimum absolute atomic E-state index is 0.0326. The number of nitrogens with one attached hydrogen (secondary N) is 1. The van der Waals surface area contributed by atoms with E-state index in [1.807, 2.05) is 0 Å². The number of ether oxygens (including phenoxy) is 1. The summed E-state index contributed by atoms with van der Waals surface area (Å²) in [5.41, 5.74) is 0.897.